The number of unbranched alkanes of at least 4 members (excludes halogenated alkanes) is 1. The van der Waals surface area contributed by atoms with Crippen molar-refractivity contribution in [2.45, 2.75) is 46.1 Å². The molecule has 1 aliphatic rings. The van der Waals surface area contributed by atoms with Crippen LogP contribution in [0.15, 0.2) is 70.0 Å². The maximum atomic E-state index is 15.7. The van der Waals surface area contributed by atoms with Crippen LogP contribution in [0.25, 0.3) is 33.6 Å². The number of nitrogens with zero attached hydrogens (tertiary/aromatic N) is 4. The minimum atomic E-state index is -0.792. The lowest BCUT2D eigenvalue weighted by Gasteiger charge is -2.17. The molecule has 0 spiro atoms. The third kappa shape index (κ3) is 5.11. The van der Waals surface area contributed by atoms with Gasteiger partial charge in [0.05, 0.1) is 24.4 Å². The van der Waals surface area contributed by atoms with E-state index in [2.05, 4.69) is 21.6 Å². The average molecular weight is 552 g/mol. The number of benzene rings is 3. The van der Waals surface area contributed by atoms with Crippen molar-refractivity contribution in [1.29, 1.82) is 0 Å². The third-order valence-electron chi connectivity index (χ3n) is 7.43. The molecule has 8 nitrogen and oxygen atoms in total. The summed E-state index contributed by atoms with van der Waals surface area (Å²) < 4.78 is 27.5. The van der Waals surface area contributed by atoms with E-state index in [1.165, 1.54) is 6.07 Å². The fourth-order valence-corrected chi connectivity index (χ4v) is 5.34. The predicted molar refractivity (Wildman–Crippen MR) is 150 cm³/mol. The Labute approximate surface area is 236 Å². The number of halogens is 1. The van der Waals surface area contributed by atoms with E-state index in [-0.39, 0.29) is 17.9 Å². The van der Waals surface area contributed by atoms with E-state index in [1.54, 1.807) is 34.9 Å². The van der Waals surface area contributed by atoms with Crippen molar-refractivity contribution in [2.75, 3.05) is 6.61 Å². The second-order valence-electron chi connectivity index (χ2n) is 10.1. The smallest absolute Gasteiger partial charge is 0.261 e. The van der Waals surface area contributed by atoms with E-state index in [0.717, 1.165) is 36.1 Å². The van der Waals surface area contributed by atoms with E-state index < -0.39 is 11.9 Å². The molecule has 3 heterocycles. The van der Waals surface area contributed by atoms with Gasteiger partial charge in [-0.3, -0.25) is 9.36 Å². The summed E-state index contributed by atoms with van der Waals surface area (Å²) in [6.45, 7) is 4.61. The molecule has 6 rings (SSSR count). The molecule has 208 valence electrons. The zero-order valence-corrected chi connectivity index (χ0v) is 22.8. The number of aromatic nitrogens is 4. The zero-order chi connectivity index (χ0) is 28.5. The van der Waals surface area contributed by atoms with Crippen LogP contribution >= 0.6 is 0 Å². The van der Waals surface area contributed by atoms with Crippen LogP contribution in [0.4, 0.5) is 4.39 Å². The van der Waals surface area contributed by atoms with Crippen LogP contribution in [0.1, 0.15) is 42.4 Å². The Morgan fingerprint density at radius 2 is 1.83 bits per heavy atom. The van der Waals surface area contributed by atoms with Crippen molar-refractivity contribution >= 4 is 0 Å². The largest absolute Gasteiger partial charge is 0.528 e. The Hall–Kier alpha value is -4.79. The van der Waals surface area contributed by atoms with Gasteiger partial charge < -0.3 is 14.4 Å². The number of fused-ring (bicyclic) bond motifs is 1. The highest BCUT2D eigenvalue weighted by Gasteiger charge is 2.20. The zero-order valence-electron chi connectivity index (χ0n) is 22.8. The maximum Gasteiger partial charge on any atom is 0.261 e. The van der Waals surface area contributed by atoms with Crippen LogP contribution in [0.3, 0.4) is 0 Å². The Morgan fingerprint density at radius 1 is 1.02 bits per heavy atom. The normalized spacial score (nSPS) is 12.4. The van der Waals surface area contributed by atoms with Gasteiger partial charge in [-0.2, -0.15) is 5.16 Å². The van der Waals surface area contributed by atoms with Crippen LogP contribution in [-0.2, 0) is 19.4 Å². The highest BCUT2D eigenvalue weighted by atomic mass is 19.1. The summed E-state index contributed by atoms with van der Waals surface area (Å²) in [6, 6.07) is 17.8. The molecule has 9 heteroatoms. The summed E-state index contributed by atoms with van der Waals surface area (Å²) in [5.74, 6) is 1.16. The summed E-state index contributed by atoms with van der Waals surface area (Å²) in [6.07, 6.45) is 2.42. The van der Waals surface area contributed by atoms with Gasteiger partial charge in [-0.05, 0) is 53.8 Å². The molecule has 0 radical (unpaired) electrons. The van der Waals surface area contributed by atoms with E-state index in [9.17, 15) is 9.90 Å². The van der Waals surface area contributed by atoms with Crippen LogP contribution < -0.4 is 15.4 Å². The van der Waals surface area contributed by atoms with E-state index >= 15 is 4.39 Å². The lowest BCUT2D eigenvalue weighted by Crippen LogP contribution is -2.28. The summed E-state index contributed by atoms with van der Waals surface area (Å²) in [5.41, 5.74) is 4.99. The van der Waals surface area contributed by atoms with Gasteiger partial charge in [0.15, 0.2) is 11.9 Å². The quantitative estimate of drug-likeness (QED) is 0.252. The molecule has 2 aromatic heterocycles. The van der Waals surface area contributed by atoms with Gasteiger partial charge in [0.1, 0.15) is 17.4 Å². The number of hydrogen-bond acceptors (Lipinski definition) is 7. The molecule has 5 aromatic rings. The number of aryl methyl sites for hydroxylation is 2. The monoisotopic (exact) mass is 551 g/mol. The number of rotatable bonds is 8. The molecule has 0 N–H and O–H groups in total. The summed E-state index contributed by atoms with van der Waals surface area (Å²) in [7, 11) is 0. The minimum absolute atomic E-state index is 0.0460. The first-order valence-corrected chi connectivity index (χ1v) is 13.7. The molecule has 0 fully saturated rings. The van der Waals surface area contributed by atoms with E-state index in [1.807, 2.05) is 31.2 Å². The van der Waals surface area contributed by atoms with Gasteiger partial charge in [-0.15, -0.1) is 0 Å². The molecular formula is C32H28FN4O4-. The average Bonchev–Trinajstić information content (AvgIpc) is 3.63. The Kier molecular flexibility index (Phi) is 7.09. The van der Waals surface area contributed by atoms with Crippen molar-refractivity contribution < 1.29 is 18.8 Å². The lowest BCUT2D eigenvalue weighted by atomic mass is 9.98. The molecular weight excluding hydrogens is 523 g/mol. The first kappa shape index (κ1) is 26.4. The maximum absolute atomic E-state index is 15.7. The van der Waals surface area contributed by atoms with Gasteiger partial charge in [-0.1, -0.05) is 55.8 Å². The number of ether oxygens (including phenoxy) is 1. The molecule has 41 heavy (non-hydrogen) atoms. The minimum Gasteiger partial charge on any atom is -0.528 e. The SMILES string of the molecule is CCCCc1nc(C)c(-c2ccc3c(c2)CCO3)c(=O)n1Cc1ccc(-c2ccccc2-c2noc([O-])n2)cc1F. The molecule has 0 saturated heterocycles. The van der Waals surface area contributed by atoms with Gasteiger partial charge >= 0.3 is 0 Å². The van der Waals surface area contributed by atoms with Crippen molar-refractivity contribution in [3.63, 3.8) is 0 Å². The van der Waals surface area contributed by atoms with Crippen LogP contribution in [0.5, 0.6) is 11.8 Å². The molecule has 0 aliphatic carbocycles. The second kappa shape index (κ2) is 11.0. The van der Waals surface area contributed by atoms with Gasteiger partial charge in [0.25, 0.3) is 5.56 Å². The molecule has 0 unspecified atom stereocenters. The summed E-state index contributed by atoms with van der Waals surface area (Å²) in [4.78, 5) is 22.6. The first-order valence-electron chi connectivity index (χ1n) is 13.7. The van der Waals surface area contributed by atoms with Gasteiger partial charge in [0.2, 0.25) is 0 Å². The Balaban J connectivity index is 1.39. The molecule has 1 aliphatic heterocycles. The highest BCUT2D eigenvalue weighted by molar-refractivity contribution is 5.80. The standard InChI is InChI=1S/C32H29FN4O4/c1-3-4-9-28-34-19(2)29(22-12-13-27-21(16-22)14-15-40-27)31(38)37(28)18-23-11-10-20(17-26(23)33)24-7-5-6-8-25(24)30-35-32(39)41-36-30/h5-8,10-13,16-17H,3-4,9,14-15,18H2,1-2H3,(H,35,36,39)/p-1. The van der Waals surface area contributed by atoms with Crippen molar-refractivity contribution in [3.8, 4) is 45.5 Å². The molecule has 0 saturated carbocycles. The van der Waals surface area contributed by atoms with Crippen LogP contribution in [0, 0.1) is 12.7 Å². The van der Waals surface area contributed by atoms with Crippen molar-refractivity contribution in [3.05, 3.63) is 99.5 Å². The van der Waals surface area contributed by atoms with Crippen LogP contribution in [-0.4, -0.2) is 26.3 Å². The molecule has 3 aromatic carbocycles. The first-order chi connectivity index (χ1) is 19.9. The fourth-order valence-electron chi connectivity index (χ4n) is 5.34. The van der Waals surface area contributed by atoms with Crippen LogP contribution in [0.2, 0.25) is 0 Å². The van der Waals surface area contributed by atoms with E-state index in [4.69, 9.17) is 9.72 Å². The molecule has 0 atom stereocenters. The topological polar surface area (TPSA) is 106 Å². The summed E-state index contributed by atoms with van der Waals surface area (Å²) >= 11 is 0. The molecule has 0 bridgehead atoms. The van der Waals surface area contributed by atoms with Crippen molar-refractivity contribution in [2.24, 2.45) is 0 Å². The lowest BCUT2D eigenvalue weighted by molar-refractivity contribution is -0.303. The fraction of sp³-hybridized carbons (Fsp3) is 0.250. The van der Waals surface area contributed by atoms with Gasteiger partial charge in [-0.25, -0.2) is 14.4 Å². The Bertz CT molecular complexity index is 1810. The second-order valence-corrected chi connectivity index (χ2v) is 10.1. The Morgan fingerprint density at radius 3 is 2.59 bits per heavy atom. The van der Waals surface area contributed by atoms with Crippen molar-refractivity contribution in [1.82, 2.24) is 19.7 Å². The third-order valence-corrected chi connectivity index (χ3v) is 7.43. The highest BCUT2D eigenvalue weighted by Crippen LogP contribution is 2.33. The predicted octanol–water partition coefficient (Wildman–Crippen LogP) is 5.47. The molecule has 0 amide bonds. The van der Waals surface area contributed by atoms with Gasteiger partial charge in [0, 0.05) is 24.0 Å². The number of hydrogen-bond donors (Lipinski definition) is 0. The summed E-state index contributed by atoms with van der Waals surface area (Å²) in [5, 5.41) is 15.2. The van der Waals surface area contributed by atoms with E-state index in [0.29, 0.717) is 52.4 Å².